The first-order chi connectivity index (χ1) is 12.1. The van der Waals surface area contributed by atoms with Gasteiger partial charge >= 0.3 is 0 Å². The van der Waals surface area contributed by atoms with Crippen molar-refractivity contribution in [2.24, 2.45) is 5.73 Å². The van der Waals surface area contributed by atoms with Crippen LogP contribution in [0.5, 0.6) is 5.75 Å². The molecular formula is C20H34N4O. The Morgan fingerprint density at radius 1 is 1.24 bits per heavy atom. The summed E-state index contributed by atoms with van der Waals surface area (Å²) in [5.74, 6) is 1.02. The summed E-state index contributed by atoms with van der Waals surface area (Å²) in [6.07, 6.45) is 3.76. The number of benzene rings is 1. The molecular weight excluding hydrogens is 312 g/mol. The van der Waals surface area contributed by atoms with Crippen LogP contribution >= 0.6 is 0 Å². The highest BCUT2D eigenvalue weighted by molar-refractivity contribution is 5.41. The topological polar surface area (TPSA) is 45.0 Å². The number of ether oxygens (including phenoxy) is 1. The molecule has 1 aromatic rings. The summed E-state index contributed by atoms with van der Waals surface area (Å²) in [7, 11) is 6.44. The van der Waals surface area contributed by atoms with Gasteiger partial charge in [0, 0.05) is 38.8 Å². The third-order valence-electron chi connectivity index (χ3n) is 5.53. The zero-order valence-corrected chi connectivity index (χ0v) is 16.1. The Hall–Kier alpha value is -1.14. The predicted octanol–water partition coefficient (Wildman–Crippen LogP) is 1.93. The first-order valence-electron chi connectivity index (χ1n) is 9.63. The lowest BCUT2D eigenvalue weighted by Gasteiger charge is -2.29. The molecule has 0 saturated carbocycles. The van der Waals surface area contributed by atoms with Crippen molar-refractivity contribution in [1.82, 2.24) is 14.7 Å². The normalized spacial score (nSPS) is 22.5. The van der Waals surface area contributed by atoms with Crippen LogP contribution in [0.4, 0.5) is 0 Å². The summed E-state index contributed by atoms with van der Waals surface area (Å²) in [5, 5.41) is 0. The number of nitrogens with zero attached hydrogens (tertiary/aromatic N) is 3. The van der Waals surface area contributed by atoms with Gasteiger partial charge < -0.3 is 20.3 Å². The molecule has 1 saturated heterocycles. The van der Waals surface area contributed by atoms with E-state index in [9.17, 15) is 0 Å². The molecule has 0 amide bonds. The van der Waals surface area contributed by atoms with E-state index >= 15 is 0 Å². The molecule has 1 atom stereocenters. The fourth-order valence-corrected chi connectivity index (χ4v) is 4.02. The summed E-state index contributed by atoms with van der Waals surface area (Å²) in [4.78, 5) is 7.14. The van der Waals surface area contributed by atoms with Crippen molar-refractivity contribution in [3.8, 4) is 5.75 Å². The van der Waals surface area contributed by atoms with Crippen molar-refractivity contribution in [2.45, 2.75) is 38.0 Å². The van der Waals surface area contributed by atoms with E-state index in [1.807, 2.05) is 0 Å². The van der Waals surface area contributed by atoms with E-state index in [2.05, 4.69) is 54.0 Å². The number of hydrogen-bond donors (Lipinski definition) is 1. The Morgan fingerprint density at radius 3 is 2.68 bits per heavy atom. The highest BCUT2D eigenvalue weighted by Gasteiger charge is 2.29. The molecule has 0 aromatic heterocycles. The van der Waals surface area contributed by atoms with Crippen molar-refractivity contribution >= 4 is 0 Å². The Morgan fingerprint density at radius 2 is 2.00 bits per heavy atom. The maximum absolute atomic E-state index is 6.28. The van der Waals surface area contributed by atoms with Crippen molar-refractivity contribution in [1.29, 1.82) is 0 Å². The van der Waals surface area contributed by atoms with E-state index in [4.69, 9.17) is 10.5 Å². The number of likely N-dealkylation sites (tertiary alicyclic amines) is 1. The standard InChI is InChI=1S/C20H34N4O/c1-22(2)9-4-10-24-15-16-5-6-18(13-19(16)20(24)14-21)25-17-7-11-23(3)12-8-17/h5-6,13,17,20H,4,7-12,14-15,21H2,1-3H3. The Bertz CT molecular complexity index is 555. The maximum Gasteiger partial charge on any atom is 0.120 e. The number of piperidine rings is 1. The molecule has 5 heteroatoms. The third-order valence-corrected chi connectivity index (χ3v) is 5.53. The minimum absolute atomic E-state index is 0.332. The van der Waals surface area contributed by atoms with Crippen LogP contribution in [0.15, 0.2) is 18.2 Å². The highest BCUT2D eigenvalue weighted by atomic mass is 16.5. The van der Waals surface area contributed by atoms with Crippen LogP contribution in [0.3, 0.4) is 0 Å². The summed E-state index contributed by atoms with van der Waals surface area (Å²) in [5.41, 5.74) is 8.91. The van der Waals surface area contributed by atoms with Gasteiger partial charge in [-0.15, -0.1) is 0 Å². The molecule has 1 fully saturated rings. The predicted molar refractivity (Wildman–Crippen MR) is 103 cm³/mol. The largest absolute Gasteiger partial charge is 0.490 e. The van der Waals surface area contributed by atoms with E-state index in [0.717, 1.165) is 51.3 Å². The molecule has 2 N–H and O–H groups in total. The lowest BCUT2D eigenvalue weighted by atomic mass is 10.0. The average Bonchev–Trinajstić information content (AvgIpc) is 2.93. The molecule has 1 aromatic carbocycles. The zero-order chi connectivity index (χ0) is 17.8. The smallest absolute Gasteiger partial charge is 0.120 e. The molecule has 5 nitrogen and oxygen atoms in total. The summed E-state index contributed by atoms with van der Waals surface area (Å²) in [6.45, 7) is 6.15. The summed E-state index contributed by atoms with van der Waals surface area (Å²) in [6, 6.07) is 6.97. The molecule has 25 heavy (non-hydrogen) atoms. The van der Waals surface area contributed by atoms with Gasteiger partial charge in [-0.25, -0.2) is 0 Å². The first kappa shape index (κ1) is 18.6. The fourth-order valence-electron chi connectivity index (χ4n) is 4.02. The van der Waals surface area contributed by atoms with Crippen LogP contribution in [0.1, 0.15) is 36.4 Å². The molecule has 2 aliphatic rings. The van der Waals surface area contributed by atoms with Gasteiger partial charge in [0.1, 0.15) is 11.9 Å². The SMILES string of the molecule is CN(C)CCCN1Cc2ccc(OC3CCN(C)CC3)cc2C1CN. The van der Waals surface area contributed by atoms with Gasteiger partial charge in [0.25, 0.3) is 0 Å². The lowest BCUT2D eigenvalue weighted by Crippen LogP contribution is -2.35. The Kier molecular flexibility index (Phi) is 6.34. The molecule has 3 rings (SSSR count). The van der Waals surface area contributed by atoms with Gasteiger partial charge in [0.05, 0.1) is 0 Å². The molecule has 2 heterocycles. The first-order valence-corrected chi connectivity index (χ1v) is 9.63. The van der Waals surface area contributed by atoms with Crippen molar-refractivity contribution in [3.63, 3.8) is 0 Å². The summed E-state index contributed by atoms with van der Waals surface area (Å²) < 4.78 is 6.28. The molecule has 0 aliphatic carbocycles. The quantitative estimate of drug-likeness (QED) is 0.817. The van der Waals surface area contributed by atoms with E-state index in [0.29, 0.717) is 18.7 Å². The number of nitrogens with two attached hydrogens (primary N) is 1. The lowest BCUT2D eigenvalue weighted by molar-refractivity contribution is 0.114. The van der Waals surface area contributed by atoms with Gasteiger partial charge in [-0.3, -0.25) is 4.90 Å². The van der Waals surface area contributed by atoms with E-state index in [-0.39, 0.29) is 0 Å². The van der Waals surface area contributed by atoms with Gasteiger partial charge in [0.15, 0.2) is 0 Å². The van der Waals surface area contributed by atoms with Crippen LogP contribution < -0.4 is 10.5 Å². The van der Waals surface area contributed by atoms with Crippen LogP contribution in [0.25, 0.3) is 0 Å². The number of rotatable bonds is 7. The second-order valence-electron chi connectivity index (χ2n) is 7.86. The van der Waals surface area contributed by atoms with Crippen LogP contribution in [-0.2, 0) is 6.54 Å². The van der Waals surface area contributed by atoms with Gasteiger partial charge in [-0.1, -0.05) is 6.07 Å². The second-order valence-corrected chi connectivity index (χ2v) is 7.86. The van der Waals surface area contributed by atoms with E-state index < -0.39 is 0 Å². The number of hydrogen-bond acceptors (Lipinski definition) is 5. The minimum Gasteiger partial charge on any atom is -0.490 e. The average molecular weight is 347 g/mol. The van der Waals surface area contributed by atoms with Crippen LogP contribution in [0.2, 0.25) is 0 Å². The van der Waals surface area contributed by atoms with Crippen molar-refractivity contribution in [2.75, 3.05) is 53.9 Å². The molecule has 0 spiro atoms. The zero-order valence-electron chi connectivity index (χ0n) is 16.1. The third kappa shape index (κ3) is 4.73. The molecule has 0 radical (unpaired) electrons. The molecule has 140 valence electrons. The second kappa shape index (κ2) is 8.49. The van der Waals surface area contributed by atoms with Crippen LogP contribution in [-0.4, -0.2) is 74.7 Å². The monoisotopic (exact) mass is 346 g/mol. The van der Waals surface area contributed by atoms with Gasteiger partial charge in [-0.2, -0.15) is 0 Å². The van der Waals surface area contributed by atoms with Crippen LogP contribution in [0, 0.1) is 0 Å². The molecule has 2 aliphatic heterocycles. The van der Waals surface area contributed by atoms with E-state index in [1.54, 1.807) is 0 Å². The van der Waals surface area contributed by atoms with E-state index in [1.165, 1.54) is 17.5 Å². The van der Waals surface area contributed by atoms with Gasteiger partial charge in [0.2, 0.25) is 0 Å². The summed E-state index contributed by atoms with van der Waals surface area (Å²) >= 11 is 0. The van der Waals surface area contributed by atoms with Gasteiger partial charge in [-0.05, 0) is 70.2 Å². The fraction of sp³-hybridized carbons (Fsp3) is 0.700. The highest BCUT2D eigenvalue weighted by Crippen LogP contribution is 2.36. The number of fused-ring (bicyclic) bond motifs is 1. The maximum atomic E-state index is 6.28. The Labute approximate surface area is 152 Å². The minimum atomic E-state index is 0.332. The Balaban J connectivity index is 1.62. The molecule has 1 unspecified atom stereocenters. The molecule has 0 bridgehead atoms. The van der Waals surface area contributed by atoms with Crippen molar-refractivity contribution in [3.05, 3.63) is 29.3 Å². The van der Waals surface area contributed by atoms with Crippen molar-refractivity contribution < 1.29 is 4.74 Å².